The summed E-state index contributed by atoms with van der Waals surface area (Å²) in [5.74, 6) is 0. The number of para-hydroxylation sites is 1. The van der Waals surface area contributed by atoms with Gasteiger partial charge in [-0.05, 0) is 44.4 Å². The second kappa shape index (κ2) is 6.45. The summed E-state index contributed by atoms with van der Waals surface area (Å²) in [4.78, 5) is 17.1. The van der Waals surface area contributed by atoms with Crippen molar-refractivity contribution < 1.29 is 4.79 Å². The first-order valence-electron chi connectivity index (χ1n) is 8.30. The highest BCUT2D eigenvalue weighted by Gasteiger charge is 2.36. The van der Waals surface area contributed by atoms with Crippen LogP contribution in [0.5, 0.6) is 0 Å². The van der Waals surface area contributed by atoms with Crippen LogP contribution in [0.15, 0.2) is 60.7 Å². The molecule has 0 bridgehead atoms. The predicted octanol–water partition coefficient (Wildman–Crippen LogP) is 4.64. The van der Waals surface area contributed by atoms with Gasteiger partial charge in [0.25, 0.3) is 0 Å². The zero-order valence-electron chi connectivity index (χ0n) is 13.9. The van der Waals surface area contributed by atoms with Crippen molar-refractivity contribution in [3.8, 4) is 0 Å². The van der Waals surface area contributed by atoms with Gasteiger partial charge in [-0.3, -0.25) is 4.90 Å². The minimum Gasteiger partial charge on any atom is -0.315 e. The summed E-state index contributed by atoms with van der Waals surface area (Å²) < 4.78 is 0. The van der Waals surface area contributed by atoms with Gasteiger partial charge < -0.3 is 4.90 Å². The second-order valence-corrected chi connectivity index (χ2v) is 6.55. The minimum atomic E-state index is -0.324. The van der Waals surface area contributed by atoms with Crippen LogP contribution in [0.1, 0.15) is 32.3 Å². The van der Waals surface area contributed by atoms with Crippen molar-refractivity contribution in [3.05, 3.63) is 66.2 Å². The van der Waals surface area contributed by atoms with E-state index in [-0.39, 0.29) is 11.6 Å². The number of carbonyl (C=O) groups is 1. The maximum Gasteiger partial charge on any atom is 0.325 e. The molecule has 0 radical (unpaired) electrons. The molecule has 0 aliphatic carbocycles. The first-order valence-corrected chi connectivity index (χ1v) is 8.30. The number of carbonyl (C=O) groups excluding carboxylic acids is 1. The summed E-state index contributed by atoms with van der Waals surface area (Å²) in [5.41, 5.74) is 1.83. The van der Waals surface area contributed by atoms with Crippen molar-refractivity contribution in [1.82, 2.24) is 4.90 Å². The molecule has 1 aliphatic rings. The summed E-state index contributed by atoms with van der Waals surface area (Å²) in [6, 6.07) is 20.4. The van der Waals surface area contributed by atoms with Gasteiger partial charge in [0.1, 0.15) is 0 Å². The first-order chi connectivity index (χ1) is 11.1. The quantitative estimate of drug-likeness (QED) is 0.810. The van der Waals surface area contributed by atoms with Gasteiger partial charge in [-0.1, -0.05) is 48.5 Å². The molecule has 1 aliphatic heterocycles. The summed E-state index contributed by atoms with van der Waals surface area (Å²) in [6.07, 6.45) is 2.06. The number of hydrogen-bond acceptors (Lipinski definition) is 1. The Bertz CT molecular complexity index is 652. The van der Waals surface area contributed by atoms with Crippen LogP contribution < -0.4 is 4.90 Å². The molecule has 2 aromatic carbocycles. The molecule has 3 heteroatoms. The Kier molecular flexibility index (Phi) is 4.37. The lowest BCUT2D eigenvalue weighted by molar-refractivity contribution is 0.143. The zero-order valence-corrected chi connectivity index (χ0v) is 13.9. The van der Waals surface area contributed by atoms with Crippen LogP contribution in [0, 0.1) is 0 Å². The molecule has 3 nitrogen and oxygen atoms in total. The minimum absolute atomic E-state index is 0.0996. The average Bonchev–Trinajstić information content (AvgIpc) is 2.78. The van der Waals surface area contributed by atoms with E-state index < -0.39 is 0 Å². The fourth-order valence-electron chi connectivity index (χ4n) is 3.24. The van der Waals surface area contributed by atoms with Crippen molar-refractivity contribution >= 4 is 11.7 Å². The van der Waals surface area contributed by atoms with Crippen LogP contribution in [-0.4, -0.2) is 24.0 Å². The highest BCUT2D eigenvalue weighted by atomic mass is 16.2. The lowest BCUT2D eigenvalue weighted by atomic mass is 9.92. The summed E-state index contributed by atoms with van der Waals surface area (Å²) in [6.45, 7) is 5.84. The van der Waals surface area contributed by atoms with E-state index in [0.29, 0.717) is 0 Å². The van der Waals surface area contributed by atoms with Gasteiger partial charge in [0.05, 0.1) is 5.54 Å². The molecule has 1 saturated heterocycles. The third kappa shape index (κ3) is 3.09. The van der Waals surface area contributed by atoms with E-state index in [4.69, 9.17) is 0 Å². The van der Waals surface area contributed by atoms with Gasteiger partial charge in [0.15, 0.2) is 0 Å². The lowest BCUT2D eigenvalue weighted by Gasteiger charge is -2.40. The fourth-order valence-corrected chi connectivity index (χ4v) is 3.24. The highest BCUT2D eigenvalue weighted by molar-refractivity contribution is 5.92. The highest BCUT2D eigenvalue weighted by Crippen LogP contribution is 2.31. The molecule has 2 amide bonds. The molecule has 1 fully saturated rings. The number of nitrogens with zero attached hydrogens (tertiary/aromatic N) is 2. The van der Waals surface area contributed by atoms with Crippen LogP contribution in [-0.2, 0) is 5.54 Å². The molecule has 0 saturated carbocycles. The Morgan fingerprint density at radius 2 is 1.39 bits per heavy atom. The smallest absolute Gasteiger partial charge is 0.315 e. The third-order valence-corrected chi connectivity index (χ3v) is 4.70. The molecule has 0 spiro atoms. The van der Waals surface area contributed by atoms with Crippen LogP contribution >= 0.6 is 0 Å². The largest absolute Gasteiger partial charge is 0.325 e. The molecule has 0 N–H and O–H groups in total. The van der Waals surface area contributed by atoms with E-state index in [1.54, 1.807) is 0 Å². The van der Waals surface area contributed by atoms with Crippen LogP contribution in [0.3, 0.4) is 0 Å². The van der Waals surface area contributed by atoms with Gasteiger partial charge in [0.2, 0.25) is 0 Å². The zero-order chi connectivity index (χ0) is 16.3. The van der Waals surface area contributed by atoms with Gasteiger partial charge in [-0.2, -0.15) is 0 Å². The van der Waals surface area contributed by atoms with Crippen molar-refractivity contribution in [2.45, 2.75) is 32.2 Å². The molecule has 3 rings (SSSR count). The standard InChI is InChI=1S/C20H24N2O/c1-20(2,17-11-5-3-6-12-17)22-16-10-9-15-21(19(22)23)18-13-7-4-8-14-18/h3-8,11-14H,9-10,15-16H2,1-2H3. The van der Waals surface area contributed by atoms with Crippen LogP contribution in [0.4, 0.5) is 10.5 Å². The Labute approximate surface area is 138 Å². The third-order valence-electron chi connectivity index (χ3n) is 4.70. The SMILES string of the molecule is CC(C)(c1ccccc1)N1CCCCN(c2ccccc2)C1=O. The molecule has 23 heavy (non-hydrogen) atoms. The molecule has 0 unspecified atom stereocenters. The Balaban J connectivity index is 1.94. The maximum atomic E-state index is 13.2. The van der Waals surface area contributed by atoms with Gasteiger partial charge in [0, 0.05) is 18.8 Å². The molecule has 120 valence electrons. The Hall–Kier alpha value is -2.29. The molecule has 1 heterocycles. The fraction of sp³-hybridized carbons (Fsp3) is 0.350. The normalized spacial score (nSPS) is 16.3. The average molecular weight is 308 g/mol. The van der Waals surface area contributed by atoms with E-state index in [1.807, 2.05) is 58.3 Å². The van der Waals surface area contributed by atoms with Gasteiger partial charge in [-0.15, -0.1) is 0 Å². The lowest BCUT2D eigenvalue weighted by Crippen LogP contribution is -2.50. The van der Waals surface area contributed by atoms with E-state index in [0.717, 1.165) is 31.6 Å². The Morgan fingerprint density at radius 3 is 2.04 bits per heavy atom. The van der Waals surface area contributed by atoms with Crippen LogP contribution in [0.25, 0.3) is 0 Å². The van der Waals surface area contributed by atoms with Crippen molar-refractivity contribution in [2.24, 2.45) is 0 Å². The van der Waals surface area contributed by atoms with E-state index >= 15 is 0 Å². The monoisotopic (exact) mass is 308 g/mol. The van der Waals surface area contributed by atoms with Crippen molar-refractivity contribution in [2.75, 3.05) is 18.0 Å². The Morgan fingerprint density at radius 1 is 0.826 bits per heavy atom. The van der Waals surface area contributed by atoms with E-state index in [2.05, 4.69) is 26.0 Å². The maximum absolute atomic E-state index is 13.2. The molecular formula is C20H24N2O. The van der Waals surface area contributed by atoms with Gasteiger partial charge in [-0.25, -0.2) is 4.79 Å². The number of amides is 2. The predicted molar refractivity (Wildman–Crippen MR) is 94.6 cm³/mol. The number of rotatable bonds is 3. The first kappa shape index (κ1) is 15.6. The van der Waals surface area contributed by atoms with Crippen molar-refractivity contribution in [3.63, 3.8) is 0 Å². The second-order valence-electron chi connectivity index (χ2n) is 6.55. The summed E-state index contributed by atoms with van der Waals surface area (Å²) in [7, 11) is 0. The summed E-state index contributed by atoms with van der Waals surface area (Å²) in [5, 5.41) is 0. The van der Waals surface area contributed by atoms with E-state index in [9.17, 15) is 4.79 Å². The van der Waals surface area contributed by atoms with E-state index in [1.165, 1.54) is 5.56 Å². The van der Waals surface area contributed by atoms with Crippen molar-refractivity contribution in [1.29, 1.82) is 0 Å². The summed E-state index contributed by atoms with van der Waals surface area (Å²) >= 11 is 0. The molecular weight excluding hydrogens is 284 g/mol. The molecule has 0 atom stereocenters. The number of hydrogen-bond donors (Lipinski definition) is 0. The van der Waals surface area contributed by atoms with Gasteiger partial charge >= 0.3 is 6.03 Å². The number of anilines is 1. The molecule has 2 aromatic rings. The number of benzene rings is 2. The molecule has 0 aromatic heterocycles. The van der Waals surface area contributed by atoms with Crippen LogP contribution in [0.2, 0.25) is 0 Å². The topological polar surface area (TPSA) is 23.6 Å². The number of urea groups is 1.